The molecule has 0 amide bonds. The van der Waals surface area contributed by atoms with E-state index in [1.807, 2.05) is 29.8 Å². The summed E-state index contributed by atoms with van der Waals surface area (Å²) in [4.78, 5) is 0. The summed E-state index contributed by atoms with van der Waals surface area (Å²) in [5.41, 5.74) is 7.32. The number of amidine groups is 1. The van der Waals surface area contributed by atoms with Gasteiger partial charge in [-0.25, -0.2) is 0 Å². The van der Waals surface area contributed by atoms with Crippen LogP contribution in [0.25, 0.3) is 0 Å². The van der Waals surface area contributed by atoms with Crippen LogP contribution in [0.4, 0.5) is 0 Å². The standard InChI is InChI=1S/C11H13N5OS/c1-16-7-13-14-11(16)18-6-8-3-2-4-9(5-8)10(12)15-17/h2-5,7,17H,6H2,1H3,(H2,12,15). The molecule has 0 atom stereocenters. The number of hydrogen-bond donors (Lipinski definition) is 2. The van der Waals surface area contributed by atoms with Gasteiger partial charge in [0.05, 0.1) is 0 Å². The molecule has 2 aromatic rings. The number of oxime groups is 1. The van der Waals surface area contributed by atoms with Gasteiger partial charge in [-0.05, 0) is 11.6 Å². The quantitative estimate of drug-likeness (QED) is 0.284. The first-order valence-corrected chi connectivity index (χ1v) is 6.23. The van der Waals surface area contributed by atoms with Gasteiger partial charge in [-0.2, -0.15) is 0 Å². The SMILES string of the molecule is Cn1cnnc1SCc1cccc(/C(N)=N/O)c1. The molecular formula is C11H13N5OS. The number of nitrogens with two attached hydrogens (primary N) is 1. The molecule has 0 fully saturated rings. The van der Waals surface area contributed by atoms with E-state index in [1.165, 1.54) is 0 Å². The Balaban J connectivity index is 2.08. The fourth-order valence-corrected chi connectivity index (χ4v) is 2.26. The summed E-state index contributed by atoms with van der Waals surface area (Å²) in [6.07, 6.45) is 1.66. The molecule has 0 spiro atoms. The summed E-state index contributed by atoms with van der Waals surface area (Å²) in [6, 6.07) is 7.54. The van der Waals surface area contributed by atoms with Gasteiger partial charge in [-0.3, -0.25) is 0 Å². The zero-order chi connectivity index (χ0) is 13.0. The second-order valence-electron chi connectivity index (χ2n) is 3.70. The van der Waals surface area contributed by atoms with Crippen LogP contribution < -0.4 is 5.73 Å². The van der Waals surface area contributed by atoms with Gasteiger partial charge < -0.3 is 15.5 Å². The minimum absolute atomic E-state index is 0.112. The van der Waals surface area contributed by atoms with Crippen LogP contribution in [0.15, 0.2) is 40.9 Å². The van der Waals surface area contributed by atoms with Gasteiger partial charge in [0.2, 0.25) is 0 Å². The lowest BCUT2D eigenvalue weighted by Crippen LogP contribution is -2.13. The second-order valence-corrected chi connectivity index (χ2v) is 4.64. The topological polar surface area (TPSA) is 89.3 Å². The number of thioether (sulfide) groups is 1. The first kappa shape index (κ1) is 12.4. The lowest BCUT2D eigenvalue weighted by Gasteiger charge is -2.03. The largest absolute Gasteiger partial charge is 0.409 e. The maximum Gasteiger partial charge on any atom is 0.191 e. The Morgan fingerprint density at radius 2 is 2.39 bits per heavy atom. The number of aryl methyl sites for hydroxylation is 1. The van der Waals surface area contributed by atoms with Gasteiger partial charge in [0.25, 0.3) is 0 Å². The van der Waals surface area contributed by atoms with E-state index in [1.54, 1.807) is 24.2 Å². The van der Waals surface area contributed by atoms with E-state index < -0.39 is 0 Å². The van der Waals surface area contributed by atoms with Crippen molar-refractivity contribution in [2.45, 2.75) is 10.9 Å². The lowest BCUT2D eigenvalue weighted by molar-refractivity contribution is 0.318. The Hall–Kier alpha value is -2.02. The Kier molecular flexibility index (Phi) is 3.83. The van der Waals surface area contributed by atoms with Gasteiger partial charge >= 0.3 is 0 Å². The number of rotatable bonds is 4. The predicted molar refractivity (Wildman–Crippen MR) is 69.5 cm³/mol. The molecule has 1 aromatic heterocycles. The van der Waals surface area contributed by atoms with Gasteiger partial charge in [-0.1, -0.05) is 35.1 Å². The fraction of sp³-hybridized carbons (Fsp3) is 0.182. The van der Waals surface area contributed by atoms with Crippen molar-refractivity contribution >= 4 is 17.6 Å². The van der Waals surface area contributed by atoms with Crippen molar-refractivity contribution in [2.75, 3.05) is 0 Å². The van der Waals surface area contributed by atoms with Gasteiger partial charge in [0.15, 0.2) is 11.0 Å². The zero-order valence-electron chi connectivity index (χ0n) is 9.82. The van der Waals surface area contributed by atoms with Gasteiger partial charge in [0, 0.05) is 18.4 Å². The molecule has 0 aliphatic rings. The van der Waals surface area contributed by atoms with E-state index >= 15 is 0 Å². The van der Waals surface area contributed by atoms with Crippen LogP contribution in [-0.4, -0.2) is 25.8 Å². The van der Waals surface area contributed by atoms with Crippen molar-refractivity contribution in [3.05, 3.63) is 41.7 Å². The highest BCUT2D eigenvalue weighted by atomic mass is 32.2. The average molecular weight is 263 g/mol. The summed E-state index contributed by atoms with van der Waals surface area (Å²) in [6.45, 7) is 0. The Morgan fingerprint density at radius 3 is 3.06 bits per heavy atom. The van der Waals surface area contributed by atoms with Crippen LogP contribution >= 0.6 is 11.8 Å². The summed E-state index contributed by atoms with van der Waals surface area (Å²) in [5.74, 6) is 0.861. The summed E-state index contributed by atoms with van der Waals surface area (Å²) in [7, 11) is 1.90. The van der Waals surface area contributed by atoms with E-state index in [-0.39, 0.29) is 5.84 Å². The zero-order valence-corrected chi connectivity index (χ0v) is 10.6. The van der Waals surface area contributed by atoms with Gasteiger partial charge in [0.1, 0.15) is 6.33 Å². The van der Waals surface area contributed by atoms with Crippen molar-refractivity contribution in [3.8, 4) is 0 Å². The molecule has 18 heavy (non-hydrogen) atoms. The fourth-order valence-electron chi connectivity index (χ4n) is 1.43. The first-order valence-electron chi connectivity index (χ1n) is 5.24. The average Bonchev–Trinajstić information content (AvgIpc) is 2.81. The maximum absolute atomic E-state index is 8.63. The Bertz CT molecular complexity index is 566. The molecule has 0 radical (unpaired) electrons. The van der Waals surface area contributed by atoms with E-state index in [2.05, 4.69) is 15.4 Å². The van der Waals surface area contributed by atoms with Crippen LogP contribution in [0.1, 0.15) is 11.1 Å². The van der Waals surface area contributed by atoms with Crippen molar-refractivity contribution < 1.29 is 5.21 Å². The monoisotopic (exact) mass is 263 g/mol. The van der Waals surface area contributed by atoms with E-state index in [0.717, 1.165) is 16.5 Å². The predicted octanol–water partition coefficient (Wildman–Crippen LogP) is 1.20. The molecular weight excluding hydrogens is 250 g/mol. The van der Waals surface area contributed by atoms with Crippen LogP contribution in [-0.2, 0) is 12.8 Å². The van der Waals surface area contributed by atoms with E-state index in [9.17, 15) is 0 Å². The molecule has 0 unspecified atom stereocenters. The molecule has 0 saturated heterocycles. The van der Waals surface area contributed by atoms with Crippen molar-refractivity contribution in [1.82, 2.24) is 14.8 Å². The second kappa shape index (κ2) is 5.54. The highest BCUT2D eigenvalue weighted by Crippen LogP contribution is 2.20. The minimum atomic E-state index is 0.112. The van der Waals surface area contributed by atoms with Crippen molar-refractivity contribution in [3.63, 3.8) is 0 Å². The molecule has 2 rings (SSSR count). The lowest BCUT2D eigenvalue weighted by atomic mass is 10.1. The molecule has 1 aromatic carbocycles. The Morgan fingerprint density at radius 1 is 1.56 bits per heavy atom. The highest BCUT2D eigenvalue weighted by molar-refractivity contribution is 7.98. The van der Waals surface area contributed by atoms with E-state index in [0.29, 0.717) is 5.56 Å². The molecule has 0 aliphatic carbocycles. The summed E-state index contributed by atoms with van der Waals surface area (Å²) >= 11 is 1.58. The third kappa shape index (κ3) is 2.80. The summed E-state index contributed by atoms with van der Waals surface area (Å²) < 4.78 is 1.86. The molecule has 3 N–H and O–H groups in total. The minimum Gasteiger partial charge on any atom is -0.409 e. The van der Waals surface area contributed by atoms with Crippen LogP contribution in [0.2, 0.25) is 0 Å². The molecule has 94 valence electrons. The number of hydrogen-bond acceptors (Lipinski definition) is 5. The Labute approximate surface area is 109 Å². The maximum atomic E-state index is 8.63. The van der Waals surface area contributed by atoms with Crippen molar-refractivity contribution in [2.24, 2.45) is 17.9 Å². The summed E-state index contributed by atoms with van der Waals surface area (Å²) in [5, 5.41) is 20.3. The smallest absolute Gasteiger partial charge is 0.191 e. The molecule has 0 bridgehead atoms. The number of nitrogens with zero attached hydrogens (tertiary/aromatic N) is 4. The van der Waals surface area contributed by atoms with Crippen LogP contribution in [0.3, 0.4) is 0 Å². The number of aromatic nitrogens is 3. The molecule has 6 nitrogen and oxygen atoms in total. The third-order valence-electron chi connectivity index (χ3n) is 2.37. The van der Waals surface area contributed by atoms with E-state index in [4.69, 9.17) is 10.9 Å². The normalized spacial score (nSPS) is 11.7. The van der Waals surface area contributed by atoms with Crippen molar-refractivity contribution in [1.29, 1.82) is 0 Å². The molecule has 0 saturated carbocycles. The molecule has 0 aliphatic heterocycles. The molecule has 7 heteroatoms. The third-order valence-corrected chi connectivity index (χ3v) is 3.47. The highest BCUT2D eigenvalue weighted by Gasteiger charge is 2.04. The van der Waals surface area contributed by atoms with Gasteiger partial charge in [-0.15, -0.1) is 10.2 Å². The number of benzene rings is 1. The first-order chi connectivity index (χ1) is 8.70. The molecule has 1 heterocycles. The van der Waals surface area contributed by atoms with Crippen LogP contribution in [0, 0.1) is 0 Å². The van der Waals surface area contributed by atoms with Crippen LogP contribution in [0.5, 0.6) is 0 Å².